The van der Waals surface area contributed by atoms with Gasteiger partial charge in [-0.25, -0.2) is 17.2 Å². The van der Waals surface area contributed by atoms with Gasteiger partial charge in [0.05, 0.1) is 10.4 Å². The largest absolute Gasteiger partial charge is 0.386 e. The maximum Gasteiger partial charge on any atom is 0.241 e. The lowest BCUT2D eigenvalue weighted by Crippen LogP contribution is -2.56. The van der Waals surface area contributed by atoms with Crippen LogP contribution in [0, 0.1) is 17.0 Å². The van der Waals surface area contributed by atoms with E-state index in [1.165, 1.54) is 0 Å². The van der Waals surface area contributed by atoms with E-state index in [0.29, 0.717) is 6.07 Å². The van der Waals surface area contributed by atoms with Crippen molar-refractivity contribution in [3.05, 3.63) is 29.8 Å². The van der Waals surface area contributed by atoms with Crippen LogP contribution in [0.1, 0.15) is 26.7 Å². The number of nitrogens with two attached hydrogens (primary N) is 1. The molecule has 5 nitrogen and oxygen atoms in total. The topological polar surface area (TPSA) is 96.0 Å². The first-order valence-electron chi connectivity index (χ1n) is 6.02. The Balaban J connectivity index is 3.23. The standard InChI is InChI=1S/C12H17F2N3O2S/c1-3-12(4-2,11(15)16)17-20(18,19)8-5-6-9(13)10(14)7-8/h5-7,17H,3-4H2,1-2H3,(H3,15,16). The highest BCUT2D eigenvalue weighted by molar-refractivity contribution is 7.89. The van der Waals surface area contributed by atoms with Crippen LogP contribution in [-0.4, -0.2) is 19.8 Å². The molecule has 4 N–H and O–H groups in total. The van der Waals surface area contributed by atoms with Gasteiger partial charge in [-0.3, -0.25) is 5.41 Å². The molecule has 1 aromatic carbocycles. The molecule has 0 aliphatic rings. The molecule has 0 radical (unpaired) electrons. The maximum absolute atomic E-state index is 13.1. The van der Waals surface area contributed by atoms with Crippen LogP contribution in [0.5, 0.6) is 0 Å². The zero-order chi connectivity index (χ0) is 15.6. The van der Waals surface area contributed by atoms with Gasteiger partial charge in [0.2, 0.25) is 10.0 Å². The third-order valence-corrected chi connectivity index (χ3v) is 4.79. The Morgan fingerprint density at radius 1 is 1.30 bits per heavy atom. The molecule has 0 unspecified atom stereocenters. The van der Waals surface area contributed by atoms with E-state index in [4.69, 9.17) is 11.1 Å². The molecule has 1 rings (SSSR count). The molecule has 1 aromatic rings. The Morgan fingerprint density at radius 2 is 1.85 bits per heavy atom. The van der Waals surface area contributed by atoms with Crippen molar-refractivity contribution in [2.45, 2.75) is 37.1 Å². The minimum atomic E-state index is -4.10. The van der Waals surface area contributed by atoms with Gasteiger partial charge in [0.25, 0.3) is 0 Å². The first kappa shape index (κ1) is 16.5. The number of halogens is 2. The van der Waals surface area contributed by atoms with Gasteiger partial charge in [-0.1, -0.05) is 13.8 Å². The number of sulfonamides is 1. The molecule has 112 valence electrons. The molecular formula is C12H17F2N3O2S. The molecule has 0 aromatic heterocycles. The van der Waals surface area contributed by atoms with Crippen LogP contribution in [0.25, 0.3) is 0 Å². The van der Waals surface area contributed by atoms with Crippen molar-refractivity contribution in [1.82, 2.24) is 4.72 Å². The lowest BCUT2D eigenvalue weighted by atomic mass is 9.93. The van der Waals surface area contributed by atoms with Gasteiger partial charge < -0.3 is 5.73 Å². The van der Waals surface area contributed by atoms with E-state index >= 15 is 0 Å². The lowest BCUT2D eigenvalue weighted by molar-refractivity contribution is 0.457. The number of amidine groups is 1. The molecule has 0 saturated heterocycles. The average Bonchev–Trinajstić information content (AvgIpc) is 2.38. The third kappa shape index (κ3) is 3.13. The van der Waals surface area contributed by atoms with E-state index in [9.17, 15) is 17.2 Å². The smallest absolute Gasteiger partial charge is 0.241 e. The third-order valence-electron chi connectivity index (χ3n) is 3.25. The second-order valence-electron chi connectivity index (χ2n) is 4.38. The fourth-order valence-electron chi connectivity index (χ4n) is 1.79. The SMILES string of the molecule is CCC(CC)(NS(=O)(=O)c1ccc(F)c(F)c1)C(=N)N. The summed E-state index contributed by atoms with van der Waals surface area (Å²) >= 11 is 0. The first-order valence-corrected chi connectivity index (χ1v) is 7.50. The first-order chi connectivity index (χ1) is 9.18. The normalized spacial score (nSPS) is 12.4. The molecule has 0 heterocycles. The number of rotatable bonds is 6. The molecular weight excluding hydrogens is 288 g/mol. The molecule has 0 aliphatic heterocycles. The van der Waals surface area contributed by atoms with Gasteiger partial charge in [-0.15, -0.1) is 0 Å². The van der Waals surface area contributed by atoms with Crippen LogP contribution in [0.3, 0.4) is 0 Å². The fraction of sp³-hybridized carbons (Fsp3) is 0.417. The van der Waals surface area contributed by atoms with Gasteiger partial charge in [-0.2, -0.15) is 4.72 Å². The Hall–Kier alpha value is -1.54. The molecule has 0 spiro atoms. The Morgan fingerprint density at radius 3 is 2.25 bits per heavy atom. The monoisotopic (exact) mass is 305 g/mol. The summed E-state index contributed by atoms with van der Waals surface area (Å²) in [6.07, 6.45) is 0.531. The van der Waals surface area contributed by atoms with Crippen LogP contribution in [0.15, 0.2) is 23.1 Å². The summed E-state index contributed by atoms with van der Waals surface area (Å²) < 4.78 is 52.6. The van der Waals surface area contributed by atoms with Gasteiger partial charge in [-0.05, 0) is 31.0 Å². The summed E-state index contributed by atoms with van der Waals surface area (Å²) in [6.45, 7) is 3.36. The zero-order valence-corrected chi connectivity index (χ0v) is 12.0. The molecule has 20 heavy (non-hydrogen) atoms. The highest BCUT2D eigenvalue weighted by atomic mass is 32.2. The Labute approximate surface area is 116 Å². The molecule has 0 bridgehead atoms. The van der Waals surface area contributed by atoms with Crippen molar-refractivity contribution in [1.29, 1.82) is 5.41 Å². The summed E-state index contributed by atoms with van der Waals surface area (Å²) in [5, 5.41) is 7.54. The molecule has 0 saturated carbocycles. The summed E-state index contributed by atoms with van der Waals surface area (Å²) in [6, 6.07) is 2.28. The van der Waals surface area contributed by atoms with E-state index < -0.39 is 32.1 Å². The maximum atomic E-state index is 13.1. The number of hydrogen-bond donors (Lipinski definition) is 3. The van der Waals surface area contributed by atoms with E-state index in [1.54, 1.807) is 13.8 Å². The van der Waals surface area contributed by atoms with Crippen LogP contribution in [-0.2, 0) is 10.0 Å². The van der Waals surface area contributed by atoms with Gasteiger partial charge in [0.15, 0.2) is 11.6 Å². The van der Waals surface area contributed by atoms with Crippen LogP contribution in [0.4, 0.5) is 8.78 Å². The van der Waals surface area contributed by atoms with Crippen LogP contribution >= 0.6 is 0 Å². The summed E-state index contributed by atoms with van der Waals surface area (Å²) in [4.78, 5) is -0.413. The fourth-order valence-corrected chi connectivity index (χ4v) is 3.33. The minimum absolute atomic E-state index is 0.266. The van der Waals surface area contributed by atoms with Crippen molar-refractivity contribution in [3.8, 4) is 0 Å². The predicted molar refractivity (Wildman–Crippen MR) is 71.9 cm³/mol. The van der Waals surface area contributed by atoms with Gasteiger partial charge >= 0.3 is 0 Å². The summed E-state index contributed by atoms with van der Waals surface area (Å²) in [5.74, 6) is -2.71. The molecule has 0 fully saturated rings. The number of benzene rings is 1. The highest BCUT2D eigenvalue weighted by Crippen LogP contribution is 2.20. The van der Waals surface area contributed by atoms with Crippen molar-refractivity contribution < 1.29 is 17.2 Å². The number of nitrogens with one attached hydrogen (secondary N) is 2. The number of hydrogen-bond acceptors (Lipinski definition) is 3. The Kier molecular flexibility index (Phi) is 4.82. The second kappa shape index (κ2) is 5.84. The van der Waals surface area contributed by atoms with Crippen molar-refractivity contribution in [3.63, 3.8) is 0 Å². The molecule has 0 atom stereocenters. The van der Waals surface area contributed by atoms with Crippen LogP contribution < -0.4 is 10.5 Å². The average molecular weight is 305 g/mol. The quantitative estimate of drug-likeness (QED) is 0.551. The predicted octanol–water partition coefficient (Wildman–Crippen LogP) is 1.74. The van der Waals surface area contributed by atoms with Gasteiger partial charge in [0, 0.05) is 0 Å². The van der Waals surface area contributed by atoms with Crippen molar-refractivity contribution >= 4 is 15.9 Å². The van der Waals surface area contributed by atoms with Crippen LogP contribution in [0.2, 0.25) is 0 Å². The van der Waals surface area contributed by atoms with E-state index in [0.717, 1.165) is 12.1 Å². The summed E-state index contributed by atoms with van der Waals surface area (Å²) in [5.41, 5.74) is 4.22. The van der Waals surface area contributed by atoms with E-state index in [2.05, 4.69) is 4.72 Å². The minimum Gasteiger partial charge on any atom is -0.386 e. The zero-order valence-electron chi connectivity index (χ0n) is 11.2. The molecule has 0 aliphatic carbocycles. The van der Waals surface area contributed by atoms with Gasteiger partial charge in [0.1, 0.15) is 5.84 Å². The van der Waals surface area contributed by atoms with Crippen molar-refractivity contribution in [2.24, 2.45) is 5.73 Å². The molecule has 8 heteroatoms. The highest BCUT2D eigenvalue weighted by Gasteiger charge is 2.35. The summed E-state index contributed by atoms with van der Waals surface area (Å²) in [7, 11) is -4.10. The molecule has 0 amide bonds. The van der Waals surface area contributed by atoms with E-state index in [1.807, 2.05) is 0 Å². The Bertz CT molecular complexity index is 613. The van der Waals surface area contributed by atoms with Crippen molar-refractivity contribution in [2.75, 3.05) is 0 Å². The van der Waals surface area contributed by atoms with E-state index in [-0.39, 0.29) is 18.7 Å². The second-order valence-corrected chi connectivity index (χ2v) is 6.07. The lowest BCUT2D eigenvalue weighted by Gasteiger charge is -2.31.